The van der Waals surface area contributed by atoms with E-state index in [9.17, 15) is 4.79 Å². The summed E-state index contributed by atoms with van der Waals surface area (Å²) in [6.07, 6.45) is 3.63. The summed E-state index contributed by atoms with van der Waals surface area (Å²) in [6.45, 7) is 3.41. The van der Waals surface area contributed by atoms with E-state index in [-0.39, 0.29) is 0 Å². The zero-order valence-electron chi connectivity index (χ0n) is 26.1. The van der Waals surface area contributed by atoms with Crippen LogP contribution in [0.4, 0.5) is 11.6 Å². The van der Waals surface area contributed by atoms with E-state index in [1.165, 1.54) is 11.3 Å². The molecule has 4 heterocycles. The normalized spacial score (nSPS) is 11.9. The Morgan fingerprint density at radius 3 is 2.70 bits per heavy atom. The number of nitrogens with zero attached hydrogens (tertiary/aromatic N) is 5. The Morgan fingerprint density at radius 2 is 1.93 bits per heavy atom. The summed E-state index contributed by atoms with van der Waals surface area (Å²) < 4.78 is 13.6. The van der Waals surface area contributed by atoms with Gasteiger partial charge in [0.25, 0.3) is 0 Å². The number of hydrogen-bond donors (Lipinski definition) is 2. The summed E-state index contributed by atoms with van der Waals surface area (Å²) in [7, 11) is 5.62. The van der Waals surface area contributed by atoms with Crippen molar-refractivity contribution in [3.63, 3.8) is 0 Å². The molecule has 10 nitrogen and oxygen atoms in total. The zero-order valence-corrected chi connectivity index (χ0v) is 26.9. The molecule has 46 heavy (non-hydrogen) atoms. The van der Waals surface area contributed by atoms with Crippen LogP contribution in [0.25, 0.3) is 28.0 Å². The Bertz CT molecular complexity index is 1990. The van der Waals surface area contributed by atoms with Crippen LogP contribution in [-0.2, 0) is 4.79 Å². The number of fused-ring (bicyclic) bond motifs is 1. The average molecular weight is 634 g/mol. The van der Waals surface area contributed by atoms with Crippen LogP contribution < -0.4 is 20.5 Å². The van der Waals surface area contributed by atoms with Gasteiger partial charge in [-0.3, -0.25) is 4.79 Å². The van der Waals surface area contributed by atoms with Gasteiger partial charge in [0, 0.05) is 46.2 Å². The highest BCUT2D eigenvalue weighted by molar-refractivity contribution is 7.10. The number of hydrogen-bond acceptors (Lipinski definition) is 9. The third-order valence-corrected chi connectivity index (χ3v) is 8.64. The molecule has 234 valence electrons. The second kappa shape index (κ2) is 13.4. The molecule has 0 saturated carbocycles. The van der Waals surface area contributed by atoms with Crippen LogP contribution in [0.1, 0.15) is 21.9 Å². The molecule has 0 fully saturated rings. The van der Waals surface area contributed by atoms with E-state index >= 15 is 0 Å². The summed E-state index contributed by atoms with van der Waals surface area (Å²) in [5, 5.41) is 10.3. The van der Waals surface area contributed by atoms with Gasteiger partial charge in [-0.05, 0) is 81.0 Å². The van der Waals surface area contributed by atoms with E-state index < -0.39 is 11.8 Å². The number of nitrogens with two attached hydrogens (primary N) is 1. The molecule has 0 radical (unpaired) electrons. The smallest absolute Gasteiger partial charge is 0.230 e. The van der Waals surface area contributed by atoms with Gasteiger partial charge in [-0.15, -0.1) is 11.3 Å². The van der Waals surface area contributed by atoms with Crippen LogP contribution in [0.2, 0.25) is 0 Å². The summed E-state index contributed by atoms with van der Waals surface area (Å²) in [4.78, 5) is 25.2. The molecule has 6 rings (SSSR count). The maximum atomic E-state index is 12.8. The third kappa shape index (κ3) is 6.28. The van der Waals surface area contributed by atoms with Crippen molar-refractivity contribution in [3.05, 3.63) is 107 Å². The zero-order chi connectivity index (χ0) is 32.2. The number of methoxy groups -OCH3 is 1. The van der Waals surface area contributed by atoms with Gasteiger partial charge in [-0.1, -0.05) is 18.2 Å². The Kier molecular flexibility index (Phi) is 8.95. The van der Waals surface area contributed by atoms with Crippen LogP contribution in [-0.4, -0.2) is 64.7 Å². The second-order valence-corrected chi connectivity index (χ2v) is 12.0. The largest absolute Gasteiger partial charge is 0.496 e. The summed E-state index contributed by atoms with van der Waals surface area (Å²) >= 11 is 1.48. The fraction of sp³-hybridized carbons (Fsp3) is 0.200. The Balaban J connectivity index is 1.41. The number of thiophene rings is 1. The van der Waals surface area contributed by atoms with Gasteiger partial charge < -0.3 is 25.4 Å². The van der Waals surface area contributed by atoms with E-state index in [4.69, 9.17) is 25.3 Å². The number of nitrogens with one attached hydrogen (secondary N) is 1. The number of aromatic nitrogens is 4. The van der Waals surface area contributed by atoms with Gasteiger partial charge >= 0.3 is 0 Å². The molecule has 0 aliphatic heterocycles. The molecular formula is C35H35N7O3S. The number of pyridine rings is 1. The van der Waals surface area contributed by atoms with Crippen LogP contribution in [0, 0.1) is 6.92 Å². The average Bonchev–Trinajstić information content (AvgIpc) is 3.71. The number of likely N-dealkylation sites (N-methyl/N-ethyl adjacent to an activating group) is 1. The van der Waals surface area contributed by atoms with Crippen molar-refractivity contribution in [1.82, 2.24) is 24.5 Å². The molecule has 11 heteroatoms. The van der Waals surface area contributed by atoms with Crippen molar-refractivity contribution in [2.75, 3.05) is 39.7 Å². The standard InChI is InChI=1S/C35H35N7O3S/c1-22-25(9-7-11-28(22)45-19-18-41(2)3)38-35-37-16-15-26(39-35)32-27-10-5-6-17-42(27)40-33(32)23-13-14-29(44-4)24(21-23)31(34(36)43)30-12-8-20-46-30/h5-17,20-21,31H,18-19H2,1-4H3,(H2,36,43)(H,37,38,39). The lowest BCUT2D eigenvalue weighted by Crippen LogP contribution is -2.22. The summed E-state index contributed by atoms with van der Waals surface area (Å²) in [5.41, 5.74) is 12.3. The predicted molar refractivity (Wildman–Crippen MR) is 182 cm³/mol. The highest BCUT2D eigenvalue weighted by Gasteiger charge is 2.27. The monoisotopic (exact) mass is 633 g/mol. The van der Waals surface area contributed by atoms with Crippen molar-refractivity contribution in [2.45, 2.75) is 12.8 Å². The Morgan fingerprint density at radius 1 is 1.07 bits per heavy atom. The van der Waals surface area contributed by atoms with Gasteiger partial charge in [0.2, 0.25) is 11.9 Å². The topological polar surface area (TPSA) is 120 Å². The fourth-order valence-electron chi connectivity index (χ4n) is 5.39. The first-order chi connectivity index (χ1) is 22.3. The SMILES string of the molecule is COc1ccc(-c2nn3ccccc3c2-c2ccnc(Nc3cccc(OCCN(C)C)c3C)n2)cc1C(C(N)=O)c1cccs1. The molecule has 1 amide bonds. The highest BCUT2D eigenvalue weighted by Crippen LogP contribution is 2.40. The fourth-order valence-corrected chi connectivity index (χ4v) is 6.24. The van der Waals surface area contributed by atoms with E-state index in [2.05, 4.69) is 15.2 Å². The van der Waals surface area contributed by atoms with Crippen molar-refractivity contribution >= 4 is 34.4 Å². The minimum atomic E-state index is -0.670. The van der Waals surface area contributed by atoms with Crippen LogP contribution >= 0.6 is 11.3 Å². The number of anilines is 2. The first kappa shape index (κ1) is 30.8. The molecule has 6 aromatic rings. The first-order valence-corrected chi connectivity index (χ1v) is 15.7. The van der Waals surface area contributed by atoms with Crippen LogP contribution in [0.3, 0.4) is 0 Å². The minimum Gasteiger partial charge on any atom is -0.496 e. The quantitative estimate of drug-likeness (QED) is 0.165. The van der Waals surface area contributed by atoms with Crippen molar-refractivity contribution in [2.24, 2.45) is 5.73 Å². The van der Waals surface area contributed by atoms with Crippen LogP contribution in [0.15, 0.2) is 90.6 Å². The van der Waals surface area contributed by atoms with Gasteiger partial charge in [-0.2, -0.15) is 5.10 Å². The maximum absolute atomic E-state index is 12.8. The molecule has 1 unspecified atom stereocenters. The second-order valence-electron chi connectivity index (χ2n) is 11.0. The first-order valence-electron chi connectivity index (χ1n) is 14.8. The molecule has 0 aliphatic rings. The lowest BCUT2D eigenvalue weighted by Gasteiger charge is -2.17. The van der Waals surface area contributed by atoms with Crippen molar-refractivity contribution in [1.29, 1.82) is 0 Å². The number of benzene rings is 2. The summed E-state index contributed by atoms with van der Waals surface area (Å²) in [6, 6.07) is 23.2. The Hall–Kier alpha value is -5.26. The molecule has 1 atom stereocenters. The highest BCUT2D eigenvalue weighted by atomic mass is 32.1. The molecular weight excluding hydrogens is 598 g/mol. The van der Waals surface area contributed by atoms with Crippen molar-refractivity contribution < 1.29 is 14.3 Å². The van der Waals surface area contributed by atoms with Gasteiger partial charge in [0.15, 0.2) is 0 Å². The molecule has 3 N–H and O–H groups in total. The van der Waals surface area contributed by atoms with E-state index in [1.54, 1.807) is 13.3 Å². The lowest BCUT2D eigenvalue weighted by molar-refractivity contribution is -0.118. The molecule has 0 bridgehead atoms. The van der Waals surface area contributed by atoms with Crippen molar-refractivity contribution in [3.8, 4) is 34.0 Å². The van der Waals surface area contributed by atoms with Gasteiger partial charge in [-0.25, -0.2) is 14.5 Å². The van der Waals surface area contributed by atoms with Crippen LogP contribution in [0.5, 0.6) is 11.5 Å². The number of rotatable bonds is 12. The third-order valence-electron chi connectivity index (χ3n) is 7.70. The molecule has 4 aromatic heterocycles. The minimum absolute atomic E-state index is 0.439. The van der Waals surface area contributed by atoms with Gasteiger partial charge in [0.1, 0.15) is 29.7 Å². The predicted octanol–water partition coefficient (Wildman–Crippen LogP) is 6.14. The van der Waals surface area contributed by atoms with E-state index in [0.717, 1.165) is 45.1 Å². The number of carbonyl (C=O) groups excluding carboxylic acids is 1. The molecule has 0 spiro atoms. The van der Waals surface area contributed by atoms with E-state index in [0.29, 0.717) is 35.3 Å². The van der Waals surface area contributed by atoms with E-state index in [1.807, 2.05) is 110 Å². The number of ether oxygens (including phenoxy) is 2. The lowest BCUT2D eigenvalue weighted by atomic mass is 9.92. The summed E-state index contributed by atoms with van der Waals surface area (Å²) in [5.74, 6) is 0.690. The maximum Gasteiger partial charge on any atom is 0.230 e. The number of primary amides is 1. The molecule has 2 aromatic carbocycles. The molecule has 0 saturated heterocycles. The Labute approximate surface area is 271 Å². The van der Waals surface area contributed by atoms with Gasteiger partial charge in [0.05, 0.1) is 23.9 Å². The number of carbonyl (C=O) groups is 1. The molecule has 0 aliphatic carbocycles. The number of amides is 1.